The maximum absolute atomic E-state index is 6.03. The number of hydrogen-bond donors (Lipinski definition) is 2. The lowest BCUT2D eigenvalue weighted by atomic mass is 10.1. The van der Waals surface area contributed by atoms with Crippen molar-refractivity contribution in [2.45, 2.75) is 25.8 Å². The Bertz CT molecular complexity index is 752. The summed E-state index contributed by atoms with van der Waals surface area (Å²) in [6.45, 7) is 1.37. The molecular formula is C19H25IN4O2. The number of fused-ring (bicyclic) bond motifs is 1. The Labute approximate surface area is 171 Å². The Hall–Kier alpha value is -1.87. The van der Waals surface area contributed by atoms with Crippen molar-refractivity contribution in [2.24, 2.45) is 10.7 Å². The molecule has 0 aliphatic heterocycles. The van der Waals surface area contributed by atoms with E-state index in [1.165, 1.54) is 24.0 Å². The van der Waals surface area contributed by atoms with Crippen molar-refractivity contribution in [3.8, 4) is 5.88 Å². The van der Waals surface area contributed by atoms with Gasteiger partial charge in [0.25, 0.3) is 0 Å². The zero-order chi connectivity index (χ0) is 17.5. The third-order valence-corrected chi connectivity index (χ3v) is 4.17. The van der Waals surface area contributed by atoms with Gasteiger partial charge in [-0.3, -0.25) is 0 Å². The zero-order valence-corrected chi connectivity index (χ0v) is 17.2. The van der Waals surface area contributed by atoms with Crippen LogP contribution in [0.4, 0.5) is 5.69 Å². The lowest BCUT2D eigenvalue weighted by molar-refractivity contribution is 0.143. The number of guanidine groups is 1. The molecule has 26 heavy (non-hydrogen) atoms. The molecule has 0 spiro atoms. The quantitative estimate of drug-likeness (QED) is 0.283. The summed E-state index contributed by atoms with van der Waals surface area (Å²) < 4.78 is 10.6. The van der Waals surface area contributed by atoms with Crippen LogP contribution in [0, 0.1) is 0 Å². The van der Waals surface area contributed by atoms with Crippen molar-refractivity contribution in [1.29, 1.82) is 0 Å². The van der Waals surface area contributed by atoms with Crippen molar-refractivity contribution < 1.29 is 9.47 Å². The van der Waals surface area contributed by atoms with Gasteiger partial charge < -0.3 is 20.5 Å². The molecular weight excluding hydrogens is 443 g/mol. The number of hydrogen-bond acceptors (Lipinski definition) is 4. The molecule has 2 aromatic rings. The van der Waals surface area contributed by atoms with Crippen LogP contribution in [0.25, 0.3) is 0 Å². The summed E-state index contributed by atoms with van der Waals surface area (Å²) in [6.07, 6.45) is 5.24. The summed E-state index contributed by atoms with van der Waals surface area (Å²) in [5, 5.41) is 3.16. The van der Waals surface area contributed by atoms with E-state index in [-0.39, 0.29) is 24.0 Å². The van der Waals surface area contributed by atoms with Crippen LogP contribution in [0.15, 0.2) is 41.5 Å². The van der Waals surface area contributed by atoms with Crippen LogP contribution < -0.4 is 15.8 Å². The highest BCUT2D eigenvalue weighted by molar-refractivity contribution is 14.0. The van der Waals surface area contributed by atoms with Crippen LogP contribution in [-0.4, -0.2) is 31.3 Å². The van der Waals surface area contributed by atoms with Crippen LogP contribution in [0.3, 0.4) is 0 Å². The van der Waals surface area contributed by atoms with E-state index in [9.17, 15) is 0 Å². The molecule has 1 aromatic heterocycles. The van der Waals surface area contributed by atoms with Crippen molar-refractivity contribution in [1.82, 2.24) is 4.98 Å². The van der Waals surface area contributed by atoms with E-state index in [0.29, 0.717) is 31.6 Å². The number of aryl methyl sites for hydroxylation is 2. The molecule has 7 heteroatoms. The van der Waals surface area contributed by atoms with E-state index in [4.69, 9.17) is 15.2 Å². The van der Waals surface area contributed by atoms with Gasteiger partial charge in [-0.15, -0.1) is 24.0 Å². The Kier molecular flexibility index (Phi) is 8.11. The van der Waals surface area contributed by atoms with Crippen molar-refractivity contribution in [3.63, 3.8) is 0 Å². The molecule has 140 valence electrons. The first-order valence-corrected chi connectivity index (χ1v) is 8.50. The Morgan fingerprint density at radius 2 is 2.08 bits per heavy atom. The molecule has 0 saturated heterocycles. The minimum atomic E-state index is 0. The number of rotatable bonds is 7. The molecule has 0 bridgehead atoms. The SMILES string of the molecule is COCCOc1ncccc1CN=C(N)Nc1ccc2c(c1)CCC2.I. The molecule has 1 heterocycles. The van der Waals surface area contributed by atoms with Gasteiger partial charge in [-0.1, -0.05) is 12.1 Å². The fourth-order valence-electron chi connectivity index (χ4n) is 2.90. The molecule has 3 N–H and O–H groups in total. The monoisotopic (exact) mass is 468 g/mol. The Balaban J connectivity index is 0.00000243. The summed E-state index contributed by atoms with van der Waals surface area (Å²) in [5.41, 5.74) is 10.7. The predicted octanol–water partition coefficient (Wildman–Crippen LogP) is 3.14. The van der Waals surface area contributed by atoms with Gasteiger partial charge >= 0.3 is 0 Å². The molecule has 0 atom stereocenters. The third-order valence-electron chi connectivity index (χ3n) is 4.17. The standard InChI is InChI=1S/C19H24N4O2.HI/c1-24-10-11-25-18-16(6-3-9-21-18)13-22-19(20)23-17-8-7-14-4-2-5-15(14)12-17;/h3,6-9,12H,2,4-5,10-11,13H2,1H3,(H3,20,22,23);1H. The number of nitrogens with one attached hydrogen (secondary N) is 1. The number of halogens is 1. The zero-order valence-electron chi connectivity index (χ0n) is 14.9. The number of aromatic nitrogens is 1. The number of nitrogens with two attached hydrogens (primary N) is 1. The maximum Gasteiger partial charge on any atom is 0.218 e. The van der Waals surface area contributed by atoms with E-state index in [0.717, 1.165) is 17.7 Å². The summed E-state index contributed by atoms with van der Waals surface area (Å²) in [6, 6.07) is 10.2. The van der Waals surface area contributed by atoms with Crippen LogP contribution in [0.2, 0.25) is 0 Å². The number of nitrogens with zero attached hydrogens (tertiary/aromatic N) is 2. The fraction of sp³-hybridized carbons (Fsp3) is 0.368. The van der Waals surface area contributed by atoms with Crippen LogP contribution in [0.1, 0.15) is 23.1 Å². The van der Waals surface area contributed by atoms with Gasteiger partial charge in [0.1, 0.15) is 6.61 Å². The van der Waals surface area contributed by atoms with Crippen LogP contribution in [0.5, 0.6) is 5.88 Å². The van der Waals surface area contributed by atoms with E-state index >= 15 is 0 Å². The van der Waals surface area contributed by atoms with E-state index in [1.807, 2.05) is 12.1 Å². The first-order valence-electron chi connectivity index (χ1n) is 8.50. The van der Waals surface area contributed by atoms with E-state index in [2.05, 4.69) is 33.5 Å². The summed E-state index contributed by atoms with van der Waals surface area (Å²) >= 11 is 0. The van der Waals surface area contributed by atoms with Crippen molar-refractivity contribution in [3.05, 3.63) is 53.2 Å². The molecule has 0 saturated carbocycles. The number of methoxy groups -OCH3 is 1. The minimum absolute atomic E-state index is 0. The average molecular weight is 468 g/mol. The van der Waals surface area contributed by atoms with E-state index in [1.54, 1.807) is 13.3 Å². The summed E-state index contributed by atoms with van der Waals surface area (Å²) in [5.74, 6) is 0.943. The molecule has 1 aliphatic carbocycles. The summed E-state index contributed by atoms with van der Waals surface area (Å²) in [4.78, 5) is 8.65. The van der Waals surface area contributed by atoms with Gasteiger partial charge in [0, 0.05) is 24.6 Å². The first kappa shape index (κ1) is 20.4. The normalized spacial score (nSPS) is 13.0. The van der Waals surface area contributed by atoms with Gasteiger partial charge in [0.15, 0.2) is 5.96 Å². The van der Waals surface area contributed by atoms with Gasteiger partial charge in [-0.25, -0.2) is 9.98 Å². The molecule has 0 radical (unpaired) electrons. The van der Waals surface area contributed by atoms with E-state index < -0.39 is 0 Å². The number of ether oxygens (including phenoxy) is 2. The highest BCUT2D eigenvalue weighted by atomic mass is 127. The average Bonchev–Trinajstić information content (AvgIpc) is 3.09. The molecule has 1 aliphatic rings. The number of pyridine rings is 1. The fourth-order valence-corrected chi connectivity index (χ4v) is 2.90. The first-order chi connectivity index (χ1) is 12.3. The van der Waals surface area contributed by atoms with Gasteiger partial charge in [0.05, 0.1) is 13.2 Å². The number of anilines is 1. The molecule has 1 aromatic carbocycles. The molecule has 3 rings (SSSR count). The second-order valence-corrected chi connectivity index (χ2v) is 5.97. The highest BCUT2D eigenvalue weighted by Gasteiger charge is 2.11. The van der Waals surface area contributed by atoms with Crippen molar-refractivity contribution >= 4 is 35.6 Å². The topological polar surface area (TPSA) is 81.8 Å². The predicted molar refractivity (Wildman–Crippen MR) is 114 cm³/mol. The van der Waals surface area contributed by atoms with Gasteiger partial charge in [-0.05, 0) is 48.6 Å². The second kappa shape index (κ2) is 10.3. The molecule has 0 unspecified atom stereocenters. The number of aliphatic imine (C=N–C) groups is 1. The second-order valence-electron chi connectivity index (χ2n) is 5.97. The summed E-state index contributed by atoms with van der Waals surface area (Å²) in [7, 11) is 1.64. The number of benzene rings is 1. The molecule has 0 fully saturated rings. The van der Waals surface area contributed by atoms with Gasteiger partial charge in [-0.2, -0.15) is 0 Å². The maximum atomic E-state index is 6.03. The third kappa shape index (κ3) is 5.57. The van der Waals surface area contributed by atoms with Gasteiger partial charge in [0.2, 0.25) is 5.88 Å². The lowest BCUT2D eigenvalue weighted by Gasteiger charge is -2.10. The molecule has 0 amide bonds. The largest absolute Gasteiger partial charge is 0.475 e. The highest BCUT2D eigenvalue weighted by Crippen LogP contribution is 2.24. The Morgan fingerprint density at radius 1 is 1.23 bits per heavy atom. The van der Waals surface area contributed by atoms with Crippen LogP contribution in [-0.2, 0) is 24.1 Å². The van der Waals surface area contributed by atoms with Crippen molar-refractivity contribution in [2.75, 3.05) is 25.6 Å². The van der Waals surface area contributed by atoms with Crippen LogP contribution >= 0.6 is 24.0 Å². The smallest absolute Gasteiger partial charge is 0.218 e. The lowest BCUT2D eigenvalue weighted by Crippen LogP contribution is -2.22. The Morgan fingerprint density at radius 3 is 2.92 bits per heavy atom. The molecule has 6 nitrogen and oxygen atoms in total. The minimum Gasteiger partial charge on any atom is -0.475 e.